The van der Waals surface area contributed by atoms with Gasteiger partial charge >= 0.3 is 0 Å². The molecular weight excluding hydrogens is 198 g/mol. The first-order valence-corrected chi connectivity index (χ1v) is 6.39. The monoisotopic (exact) mass is 227 g/mol. The molecule has 1 rings (SSSR count). The lowest BCUT2D eigenvalue weighted by molar-refractivity contribution is 0.113. The molecule has 2 atom stereocenters. The van der Waals surface area contributed by atoms with Crippen molar-refractivity contribution in [3.05, 3.63) is 0 Å². The molecule has 0 aromatic rings. The average molecular weight is 227 g/mol. The van der Waals surface area contributed by atoms with Crippen molar-refractivity contribution < 1.29 is 0 Å². The highest BCUT2D eigenvalue weighted by Crippen LogP contribution is 2.26. The van der Waals surface area contributed by atoms with Gasteiger partial charge in [0.1, 0.15) is 0 Å². The molecule has 0 amide bonds. The zero-order valence-corrected chi connectivity index (χ0v) is 11.9. The number of hydrogen-bond donors (Lipinski definition) is 1. The first-order valence-electron chi connectivity index (χ1n) is 6.39. The fourth-order valence-electron chi connectivity index (χ4n) is 2.76. The molecule has 0 aromatic carbocycles. The summed E-state index contributed by atoms with van der Waals surface area (Å²) in [6.07, 6.45) is 1.24. The summed E-state index contributed by atoms with van der Waals surface area (Å²) in [5, 5.41) is 3.64. The number of rotatable bonds is 3. The lowest BCUT2D eigenvalue weighted by Crippen LogP contribution is -2.53. The fraction of sp³-hybridized carbons (Fsp3) is 1.00. The summed E-state index contributed by atoms with van der Waals surface area (Å²) in [6.45, 7) is 10.5. The normalized spacial score (nSPS) is 26.1. The number of hydrogen-bond acceptors (Lipinski definition) is 3. The van der Waals surface area contributed by atoms with E-state index < -0.39 is 0 Å². The molecule has 0 saturated carbocycles. The number of nitrogens with zero attached hydrogens (tertiary/aromatic N) is 2. The van der Waals surface area contributed by atoms with Gasteiger partial charge in [0.25, 0.3) is 0 Å². The van der Waals surface area contributed by atoms with Gasteiger partial charge in [-0.3, -0.25) is 0 Å². The van der Waals surface area contributed by atoms with Gasteiger partial charge in [0, 0.05) is 31.7 Å². The first kappa shape index (κ1) is 13.9. The molecule has 0 aliphatic carbocycles. The van der Waals surface area contributed by atoms with E-state index in [1.54, 1.807) is 0 Å². The topological polar surface area (TPSA) is 18.5 Å². The first-order chi connectivity index (χ1) is 7.30. The van der Waals surface area contributed by atoms with Gasteiger partial charge in [-0.1, -0.05) is 20.8 Å². The smallest absolute Gasteiger partial charge is 0.0210 e. The Labute approximate surface area is 101 Å². The van der Waals surface area contributed by atoms with Gasteiger partial charge in [-0.15, -0.1) is 0 Å². The van der Waals surface area contributed by atoms with E-state index in [9.17, 15) is 0 Å². The van der Waals surface area contributed by atoms with Crippen LogP contribution in [0.1, 0.15) is 27.2 Å². The van der Waals surface area contributed by atoms with Crippen LogP contribution in [0.2, 0.25) is 0 Å². The van der Waals surface area contributed by atoms with Crippen LogP contribution in [0, 0.1) is 5.41 Å². The molecule has 1 aliphatic rings. The third kappa shape index (κ3) is 4.04. The lowest BCUT2D eigenvalue weighted by atomic mass is 9.82. The van der Waals surface area contributed by atoms with Gasteiger partial charge in [-0.05, 0) is 33.0 Å². The molecule has 1 aliphatic heterocycles. The molecule has 0 radical (unpaired) electrons. The second kappa shape index (κ2) is 5.48. The van der Waals surface area contributed by atoms with E-state index >= 15 is 0 Å². The molecule has 0 aromatic heterocycles. The molecule has 2 unspecified atom stereocenters. The van der Waals surface area contributed by atoms with Crippen LogP contribution < -0.4 is 5.32 Å². The van der Waals surface area contributed by atoms with Gasteiger partial charge in [-0.2, -0.15) is 0 Å². The van der Waals surface area contributed by atoms with Crippen molar-refractivity contribution in [2.24, 2.45) is 5.41 Å². The molecule has 3 heteroatoms. The van der Waals surface area contributed by atoms with Crippen LogP contribution in [0.5, 0.6) is 0 Å². The van der Waals surface area contributed by atoms with Crippen LogP contribution in [-0.4, -0.2) is 62.7 Å². The van der Waals surface area contributed by atoms with E-state index in [1.165, 1.54) is 19.5 Å². The summed E-state index contributed by atoms with van der Waals surface area (Å²) in [5.41, 5.74) is 0.348. The summed E-state index contributed by atoms with van der Waals surface area (Å²) in [4.78, 5) is 4.80. The maximum absolute atomic E-state index is 3.64. The van der Waals surface area contributed by atoms with E-state index in [0.29, 0.717) is 17.5 Å². The zero-order valence-electron chi connectivity index (χ0n) is 11.9. The minimum absolute atomic E-state index is 0.348. The van der Waals surface area contributed by atoms with Crippen molar-refractivity contribution in [3.63, 3.8) is 0 Å². The fourth-order valence-corrected chi connectivity index (χ4v) is 2.76. The maximum atomic E-state index is 3.64. The molecule has 3 nitrogen and oxygen atoms in total. The number of piperazine rings is 1. The average Bonchev–Trinajstić information content (AvgIpc) is 2.12. The Bertz CT molecular complexity index is 208. The second-order valence-corrected chi connectivity index (χ2v) is 6.49. The van der Waals surface area contributed by atoms with Gasteiger partial charge in [0.2, 0.25) is 0 Å². The predicted molar refractivity (Wildman–Crippen MR) is 70.8 cm³/mol. The second-order valence-electron chi connectivity index (χ2n) is 6.49. The summed E-state index contributed by atoms with van der Waals surface area (Å²) in [5.74, 6) is 0. The van der Waals surface area contributed by atoms with E-state index in [-0.39, 0.29) is 0 Å². The molecule has 1 heterocycles. The van der Waals surface area contributed by atoms with Gasteiger partial charge in [-0.25, -0.2) is 0 Å². The van der Waals surface area contributed by atoms with Crippen LogP contribution in [0.4, 0.5) is 0 Å². The molecule has 0 spiro atoms. The standard InChI is InChI=1S/C13H29N3/c1-13(2,3)12(15(4)5)9-11-10-16(6)8-7-14-11/h11-12,14H,7-10H2,1-6H3. The quantitative estimate of drug-likeness (QED) is 0.783. The molecule has 96 valence electrons. The predicted octanol–water partition coefficient (Wildman–Crippen LogP) is 1.26. The van der Waals surface area contributed by atoms with E-state index in [2.05, 4.69) is 57.0 Å². The lowest BCUT2D eigenvalue weighted by Gasteiger charge is -2.40. The van der Waals surface area contributed by atoms with Gasteiger partial charge in [0.05, 0.1) is 0 Å². The van der Waals surface area contributed by atoms with Crippen LogP contribution >= 0.6 is 0 Å². The molecule has 0 bridgehead atoms. The third-order valence-electron chi connectivity index (χ3n) is 3.59. The van der Waals surface area contributed by atoms with Crippen molar-refractivity contribution in [1.82, 2.24) is 15.1 Å². The summed E-state index contributed by atoms with van der Waals surface area (Å²) in [7, 11) is 6.61. The van der Waals surface area contributed by atoms with Crippen molar-refractivity contribution in [2.45, 2.75) is 39.3 Å². The summed E-state index contributed by atoms with van der Waals surface area (Å²) >= 11 is 0. The van der Waals surface area contributed by atoms with Crippen molar-refractivity contribution in [2.75, 3.05) is 40.8 Å². The number of likely N-dealkylation sites (N-methyl/N-ethyl adjacent to an activating group) is 1. The Kier molecular flexibility index (Phi) is 4.77. The van der Waals surface area contributed by atoms with Gasteiger partial charge < -0.3 is 15.1 Å². The highest BCUT2D eigenvalue weighted by atomic mass is 15.2. The Morgan fingerprint density at radius 1 is 1.38 bits per heavy atom. The van der Waals surface area contributed by atoms with Crippen molar-refractivity contribution in [3.8, 4) is 0 Å². The van der Waals surface area contributed by atoms with E-state index in [1.807, 2.05) is 0 Å². The zero-order chi connectivity index (χ0) is 12.3. The Hall–Kier alpha value is -0.120. The minimum atomic E-state index is 0.348. The van der Waals surface area contributed by atoms with Crippen molar-refractivity contribution in [1.29, 1.82) is 0 Å². The Morgan fingerprint density at radius 2 is 2.00 bits per heavy atom. The van der Waals surface area contributed by atoms with Crippen molar-refractivity contribution >= 4 is 0 Å². The largest absolute Gasteiger partial charge is 0.311 e. The van der Waals surface area contributed by atoms with Crippen LogP contribution in [-0.2, 0) is 0 Å². The molecule has 1 fully saturated rings. The summed E-state index contributed by atoms with van der Waals surface area (Å²) in [6, 6.07) is 1.28. The summed E-state index contributed by atoms with van der Waals surface area (Å²) < 4.78 is 0. The number of nitrogens with one attached hydrogen (secondary N) is 1. The molecule has 1 saturated heterocycles. The molecule has 1 N–H and O–H groups in total. The highest BCUT2D eigenvalue weighted by molar-refractivity contribution is 4.87. The highest BCUT2D eigenvalue weighted by Gasteiger charge is 2.30. The SMILES string of the molecule is CN1CCNC(CC(N(C)C)C(C)(C)C)C1. The maximum Gasteiger partial charge on any atom is 0.0210 e. The minimum Gasteiger partial charge on any atom is -0.311 e. The van der Waals surface area contributed by atoms with Crippen LogP contribution in [0.25, 0.3) is 0 Å². The van der Waals surface area contributed by atoms with E-state index in [0.717, 1.165) is 6.54 Å². The Balaban J connectivity index is 2.54. The van der Waals surface area contributed by atoms with Crippen LogP contribution in [0.3, 0.4) is 0 Å². The molecular formula is C13H29N3. The van der Waals surface area contributed by atoms with Crippen LogP contribution in [0.15, 0.2) is 0 Å². The van der Waals surface area contributed by atoms with E-state index in [4.69, 9.17) is 0 Å². The Morgan fingerprint density at radius 3 is 2.44 bits per heavy atom. The van der Waals surface area contributed by atoms with Gasteiger partial charge in [0.15, 0.2) is 0 Å². The third-order valence-corrected chi connectivity index (χ3v) is 3.59. The molecule has 16 heavy (non-hydrogen) atoms.